The Labute approximate surface area is 135 Å². The number of hydrogen-bond acceptors (Lipinski definition) is 2. The van der Waals surface area contributed by atoms with Gasteiger partial charge < -0.3 is 9.59 Å². The van der Waals surface area contributed by atoms with E-state index in [0.717, 1.165) is 21.5 Å². The summed E-state index contributed by atoms with van der Waals surface area (Å²) in [5, 5.41) is 5.42. The summed E-state index contributed by atoms with van der Waals surface area (Å²) in [5.41, 5.74) is 0. The van der Waals surface area contributed by atoms with Gasteiger partial charge in [-0.3, -0.25) is 0 Å². The Morgan fingerprint density at radius 2 is 1.17 bits per heavy atom. The molecule has 2 nitrogen and oxygen atoms in total. The van der Waals surface area contributed by atoms with Crippen LogP contribution in [0.1, 0.15) is 0 Å². The van der Waals surface area contributed by atoms with Crippen molar-refractivity contribution < 1.29 is 9.59 Å². The van der Waals surface area contributed by atoms with Crippen LogP contribution in [-0.2, 0) is 0 Å². The van der Waals surface area contributed by atoms with Gasteiger partial charge in [0.15, 0.2) is 0 Å². The Bertz CT molecular complexity index is 994. The van der Waals surface area contributed by atoms with Crippen molar-refractivity contribution in [3.05, 3.63) is 84.9 Å². The first-order valence-corrected chi connectivity index (χ1v) is 9.48. The predicted octanol–water partition coefficient (Wildman–Crippen LogP) is 2.53. The highest BCUT2D eigenvalue weighted by molar-refractivity contribution is 6.92. The molecule has 4 rings (SSSR count). The van der Waals surface area contributed by atoms with Crippen molar-refractivity contribution in [1.82, 2.24) is 0 Å². The van der Waals surface area contributed by atoms with Crippen molar-refractivity contribution in [2.45, 2.75) is 0 Å². The van der Waals surface area contributed by atoms with Crippen molar-refractivity contribution in [2.75, 3.05) is 0 Å². The molecule has 0 amide bonds. The quantitative estimate of drug-likeness (QED) is 0.441. The summed E-state index contributed by atoms with van der Waals surface area (Å²) < 4.78 is 0. The van der Waals surface area contributed by atoms with Gasteiger partial charge >= 0.3 is 8.56 Å². The maximum atomic E-state index is 10.9. The molecular formula is C20H16O2Si. The molecule has 112 valence electrons. The van der Waals surface area contributed by atoms with Crippen molar-refractivity contribution >= 4 is 40.5 Å². The second-order valence-electron chi connectivity index (χ2n) is 5.76. The molecule has 23 heavy (non-hydrogen) atoms. The van der Waals surface area contributed by atoms with Crippen molar-refractivity contribution in [3.63, 3.8) is 0 Å². The third-order valence-electron chi connectivity index (χ3n) is 4.30. The zero-order valence-electron chi connectivity index (χ0n) is 12.5. The van der Waals surface area contributed by atoms with Gasteiger partial charge in [0.2, 0.25) is 0 Å². The van der Waals surface area contributed by atoms with Gasteiger partial charge in [-0.05, 0) is 38.9 Å². The number of fused-ring (bicyclic) bond motifs is 2. The lowest BCUT2D eigenvalue weighted by Crippen LogP contribution is -2.59. The van der Waals surface area contributed by atoms with Crippen LogP contribution in [-0.4, -0.2) is 18.2 Å². The summed E-state index contributed by atoms with van der Waals surface area (Å²) in [6.07, 6.45) is 0. The van der Waals surface area contributed by atoms with E-state index < -0.39 is 8.56 Å². The fraction of sp³-hybridized carbons (Fsp3) is 0. The minimum Gasteiger partial charge on any atom is -0.404 e. The van der Waals surface area contributed by atoms with E-state index in [0.29, 0.717) is 10.4 Å². The summed E-state index contributed by atoms with van der Waals surface area (Å²) in [4.78, 5) is 21.8. The second kappa shape index (κ2) is 5.32. The molecule has 0 aliphatic heterocycles. The number of hydrogen-bond donors (Lipinski definition) is 2. The van der Waals surface area contributed by atoms with Crippen LogP contribution in [0.2, 0.25) is 0 Å². The van der Waals surface area contributed by atoms with Gasteiger partial charge in [-0.1, -0.05) is 72.8 Å². The zero-order chi connectivity index (χ0) is 15.9. The lowest BCUT2D eigenvalue weighted by atomic mass is 10.0. The summed E-state index contributed by atoms with van der Waals surface area (Å²) >= 11 is 0. The maximum absolute atomic E-state index is 10.9. The maximum Gasteiger partial charge on any atom is 0.402 e. The van der Waals surface area contributed by atoms with Gasteiger partial charge in [0.25, 0.3) is 0 Å². The molecular weight excluding hydrogens is 300 g/mol. The Morgan fingerprint density at radius 1 is 0.565 bits per heavy atom. The molecule has 0 fully saturated rings. The highest BCUT2D eigenvalue weighted by Crippen LogP contribution is 2.22. The molecule has 0 heterocycles. The molecule has 4 aromatic carbocycles. The Balaban J connectivity index is 2.02. The smallest absolute Gasteiger partial charge is 0.402 e. The van der Waals surface area contributed by atoms with E-state index in [1.807, 2.05) is 54.6 Å². The zero-order valence-corrected chi connectivity index (χ0v) is 13.5. The molecule has 0 aliphatic carbocycles. The van der Waals surface area contributed by atoms with Crippen LogP contribution < -0.4 is 10.4 Å². The first-order chi connectivity index (χ1) is 11.2. The highest BCUT2D eigenvalue weighted by Gasteiger charge is 2.36. The molecule has 0 saturated carbocycles. The van der Waals surface area contributed by atoms with Crippen molar-refractivity contribution in [2.24, 2.45) is 0 Å². The number of benzene rings is 4. The fourth-order valence-electron chi connectivity index (χ4n) is 3.10. The monoisotopic (exact) mass is 316 g/mol. The Morgan fingerprint density at radius 3 is 1.91 bits per heavy atom. The van der Waals surface area contributed by atoms with E-state index in [4.69, 9.17) is 0 Å². The van der Waals surface area contributed by atoms with E-state index in [1.54, 1.807) is 12.1 Å². The number of rotatable bonds is 2. The second-order valence-corrected chi connectivity index (χ2v) is 8.22. The lowest BCUT2D eigenvalue weighted by molar-refractivity contribution is 0.402. The molecule has 0 unspecified atom stereocenters. The lowest BCUT2D eigenvalue weighted by Gasteiger charge is -2.20. The predicted molar refractivity (Wildman–Crippen MR) is 97.4 cm³/mol. The molecule has 0 aromatic heterocycles. The summed E-state index contributed by atoms with van der Waals surface area (Å²) in [6.45, 7) is 0. The third-order valence-corrected chi connectivity index (χ3v) is 6.62. The summed E-state index contributed by atoms with van der Waals surface area (Å²) in [7, 11) is -3.71. The van der Waals surface area contributed by atoms with Crippen LogP contribution in [0.15, 0.2) is 84.9 Å². The SMILES string of the molecule is O[Si](O)(c1ccccc1)c1cccc2cc3ccccc3cc12. The molecule has 2 N–H and O–H groups in total. The minimum atomic E-state index is -3.71. The normalized spacial score (nSPS) is 11.9. The fourth-order valence-corrected chi connectivity index (χ4v) is 4.99. The van der Waals surface area contributed by atoms with E-state index in [-0.39, 0.29) is 0 Å². The average Bonchev–Trinajstić information content (AvgIpc) is 2.60. The third kappa shape index (κ3) is 2.35. The van der Waals surface area contributed by atoms with Crippen LogP contribution in [0.5, 0.6) is 0 Å². The topological polar surface area (TPSA) is 40.5 Å². The molecule has 4 aromatic rings. The Hall–Kier alpha value is -2.46. The molecule has 0 atom stereocenters. The van der Waals surface area contributed by atoms with Crippen LogP contribution in [0.3, 0.4) is 0 Å². The average molecular weight is 316 g/mol. The van der Waals surface area contributed by atoms with Gasteiger partial charge in [0.1, 0.15) is 0 Å². The first-order valence-electron chi connectivity index (χ1n) is 7.58. The summed E-state index contributed by atoms with van der Waals surface area (Å²) in [6, 6.07) is 27.1. The summed E-state index contributed by atoms with van der Waals surface area (Å²) in [5.74, 6) is 0. The van der Waals surface area contributed by atoms with Gasteiger partial charge in [0, 0.05) is 5.19 Å². The molecule has 3 heteroatoms. The molecule has 0 bridgehead atoms. The van der Waals surface area contributed by atoms with Gasteiger partial charge in [0.05, 0.1) is 0 Å². The van der Waals surface area contributed by atoms with Crippen molar-refractivity contribution in [3.8, 4) is 0 Å². The van der Waals surface area contributed by atoms with E-state index in [2.05, 4.69) is 18.2 Å². The largest absolute Gasteiger partial charge is 0.404 e. The van der Waals surface area contributed by atoms with Gasteiger partial charge in [-0.15, -0.1) is 0 Å². The molecule has 0 spiro atoms. The highest BCUT2D eigenvalue weighted by atomic mass is 28.4. The minimum absolute atomic E-state index is 0.598. The standard InChI is InChI=1S/C20H16O2Si/c21-23(22,18-10-2-1-3-11-18)20-12-6-9-17-13-15-7-4-5-8-16(15)14-19(17)20/h1-14,21-22H. The van der Waals surface area contributed by atoms with Gasteiger partial charge in [-0.25, -0.2) is 0 Å². The molecule has 0 saturated heterocycles. The van der Waals surface area contributed by atoms with Crippen LogP contribution >= 0.6 is 0 Å². The molecule has 0 radical (unpaired) electrons. The van der Waals surface area contributed by atoms with Crippen LogP contribution in [0.4, 0.5) is 0 Å². The molecule has 0 aliphatic rings. The van der Waals surface area contributed by atoms with Crippen LogP contribution in [0, 0.1) is 0 Å². The Kier molecular flexibility index (Phi) is 3.27. The van der Waals surface area contributed by atoms with E-state index in [1.165, 1.54) is 0 Å². The van der Waals surface area contributed by atoms with Gasteiger partial charge in [-0.2, -0.15) is 0 Å². The van der Waals surface area contributed by atoms with E-state index >= 15 is 0 Å². The van der Waals surface area contributed by atoms with E-state index in [9.17, 15) is 9.59 Å². The van der Waals surface area contributed by atoms with Crippen LogP contribution in [0.25, 0.3) is 21.5 Å². The van der Waals surface area contributed by atoms with Crippen molar-refractivity contribution in [1.29, 1.82) is 0 Å². The first kappa shape index (κ1) is 14.1.